The molecule has 2 heterocycles. The first-order chi connectivity index (χ1) is 12.0. The Bertz CT molecular complexity index is 796. The third kappa shape index (κ3) is 4.03. The predicted octanol–water partition coefficient (Wildman–Crippen LogP) is 1.71. The molecule has 0 spiro atoms. The van der Waals surface area contributed by atoms with Crippen LogP contribution in [0.2, 0.25) is 5.02 Å². The van der Waals surface area contributed by atoms with Gasteiger partial charge in [0.25, 0.3) is 5.56 Å². The molecule has 1 fully saturated rings. The number of piperazine rings is 1. The van der Waals surface area contributed by atoms with Gasteiger partial charge < -0.3 is 15.5 Å². The van der Waals surface area contributed by atoms with Gasteiger partial charge in [-0.05, 0) is 39.1 Å². The number of hydrogen-bond acceptors (Lipinski definition) is 5. The molecule has 0 saturated carbocycles. The van der Waals surface area contributed by atoms with E-state index >= 15 is 0 Å². The number of fused-ring (bicyclic) bond motifs is 1. The summed E-state index contributed by atoms with van der Waals surface area (Å²) in [5.41, 5.74) is 6.59. The maximum Gasteiger partial charge on any atom is 0.262 e. The van der Waals surface area contributed by atoms with Gasteiger partial charge in [0.15, 0.2) is 0 Å². The Labute approximate surface area is 153 Å². The Morgan fingerprint density at radius 1 is 1.24 bits per heavy atom. The number of rotatable bonds is 5. The largest absolute Gasteiger partial charge is 0.322 e. The molecule has 3 rings (SSSR count). The second-order valence-corrected chi connectivity index (χ2v) is 7.26. The molecule has 0 aliphatic carbocycles. The molecule has 0 radical (unpaired) electrons. The normalized spacial score (nSPS) is 17.9. The fourth-order valence-electron chi connectivity index (χ4n) is 3.33. The molecule has 25 heavy (non-hydrogen) atoms. The van der Waals surface area contributed by atoms with Crippen LogP contribution in [0, 0.1) is 0 Å². The average Bonchev–Trinajstić information content (AvgIpc) is 2.58. The molecular weight excluding hydrogens is 338 g/mol. The first kappa shape index (κ1) is 18.3. The van der Waals surface area contributed by atoms with Gasteiger partial charge in [-0.2, -0.15) is 0 Å². The Balaban J connectivity index is 1.82. The van der Waals surface area contributed by atoms with E-state index in [1.807, 2.05) is 13.0 Å². The van der Waals surface area contributed by atoms with E-state index in [9.17, 15) is 4.79 Å². The molecular formula is C18H26ClN5O. The zero-order valence-electron chi connectivity index (χ0n) is 14.9. The summed E-state index contributed by atoms with van der Waals surface area (Å²) in [6.07, 6.45) is 0.890. The molecule has 1 aliphatic rings. The van der Waals surface area contributed by atoms with Crippen LogP contribution in [0.4, 0.5) is 0 Å². The molecule has 1 aromatic heterocycles. The Kier molecular flexibility index (Phi) is 5.74. The van der Waals surface area contributed by atoms with Crippen LogP contribution in [-0.2, 0) is 6.54 Å². The number of benzene rings is 1. The minimum atomic E-state index is -0.306. The first-order valence-corrected chi connectivity index (χ1v) is 9.20. The molecule has 6 nitrogen and oxygen atoms in total. The number of nitrogens with zero attached hydrogens (tertiary/aromatic N) is 4. The topological polar surface area (TPSA) is 67.4 Å². The fraction of sp³-hybridized carbons (Fsp3) is 0.556. The second kappa shape index (κ2) is 7.83. The van der Waals surface area contributed by atoms with Crippen molar-refractivity contribution >= 4 is 22.5 Å². The molecule has 0 bridgehead atoms. The van der Waals surface area contributed by atoms with Crippen molar-refractivity contribution in [2.24, 2.45) is 5.73 Å². The zero-order valence-corrected chi connectivity index (χ0v) is 15.7. The van der Waals surface area contributed by atoms with Crippen molar-refractivity contribution in [3.05, 3.63) is 39.4 Å². The quantitative estimate of drug-likeness (QED) is 0.875. The molecule has 2 aromatic rings. The summed E-state index contributed by atoms with van der Waals surface area (Å²) in [4.78, 5) is 22.3. The van der Waals surface area contributed by atoms with Crippen LogP contribution in [0.3, 0.4) is 0 Å². The van der Waals surface area contributed by atoms with E-state index in [0.29, 0.717) is 28.3 Å². The number of likely N-dealkylation sites (N-methyl/N-ethyl adjacent to an activating group) is 1. The van der Waals surface area contributed by atoms with Crippen LogP contribution in [0.1, 0.15) is 25.2 Å². The molecule has 0 amide bonds. The lowest BCUT2D eigenvalue weighted by atomic mass is 10.2. The van der Waals surface area contributed by atoms with E-state index in [4.69, 9.17) is 17.3 Å². The first-order valence-electron chi connectivity index (χ1n) is 8.83. The summed E-state index contributed by atoms with van der Waals surface area (Å²) in [6.45, 7) is 7.78. The predicted molar refractivity (Wildman–Crippen MR) is 102 cm³/mol. The van der Waals surface area contributed by atoms with Gasteiger partial charge in [-0.3, -0.25) is 9.36 Å². The van der Waals surface area contributed by atoms with Crippen molar-refractivity contribution in [2.75, 3.05) is 39.8 Å². The van der Waals surface area contributed by atoms with Gasteiger partial charge in [0.2, 0.25) is 0 Å². The molecule has 2 N–H and O–H groups in total. The fourth-order valence-corrected chi connectivity index (χ4v) is 3.58. The molecule has 1 saturated heterocycles. The SMILES string of the molecule is C[C@H](N)c1nc2cccc(Cl)c2c(=O)n1CCCN1CCN(C)CC1. The highest BCUT2D eigenvalue weighted by molar-refractivity contribution is 6.35. The second-order valence-electron chi connectivity index (χ2n) is 6.85. The van der Waals surface area contributed by atoms with Crippen LogP contribution in [-0.4, -0.2) is 59.1 Å². The van der Waals surface area contributed by atoms with E-state index in [2.05, 4.69) is 21.8 Å². The van der Waals surface area contributed by atoms with E-state index < -0.39 is 0 Å². The lowest BCUT2D eigenvalue weighted by molar-refractivity contribution is 0.151. The average molecular weight is 364 g/mol. The van der Waals surface area contributed by atoms with E-state index in [1.165, 1.54) is 0 Å². The van der Waals surface area contributed by atoms with Crippen LogP contribution < -0.4 is 11.3 Å². The van der Waals surface area contributed by atoms with Crippen molar-refractivity contribution < 1.29 is 0 Å². The molecule has 7 heteroatoms. The van der Waals surface area contributed by atoms with E-state index in [1.54, 1.807) is 16.7 Å². The molecule has 1 aromatic carbocycles. The van der Waals surface area contributed by atoms with Crippen molar-refractivity contribution in [3.63, 3.8) is 0 Å². The number of aromatic nitrogens is 2. The van der Waals surface area contributed by atoms with Crippen molar-refractivity contribution in [1.82, 2.24) is 19.4 Å². The number of hydrogen-bond donors (Lipinski definition) is 1. The van der Waals surface area contributed by atoms with Crippen molar-refractivity contribution in [1.29, 1.82) is 0 Å². The third-order valence-electron chi connectivity index (χ3n) is 4.82. The summed E-state index contributed by atoms with van der Waals surface area (Å²) >= 11 is 6.24. The minimum Gasteiger partial charge on any atom is -0.322 e. The molecule has 136 valence electrons. The van der Waals surface area contributed by atoms with E-state index in [0.717, 1.165) is 39.1 Å². The van der Waals surface area contributed by atoms with Crippen molar-refractivity contribution in [3.8, 4) is 0 Å². The molecule has 0 unspecified atom stereocenters. The Hall–Kier alpha value is -1.47. The maximum atomic E-state index is 13.0. The number of halogens is 1. The van der Waals surface area contributed by atoms with E-state index in [-0.39, 0.29) is 11.6 Å². The van der Waals surface area contributed by atoms with Crippen LogP contribution in [0.25, 0.3) is 10.9 Å². The smallest absolute Gasteiger partial charge is 0.262 e. The number of nitrogens with two attached hydrogens (primary N) is 1. The van der Waals surface area contributed by atoms with Gasteiger partial charge in [-0.25, -0.2) is 4.98 Å². The minimum absolute atomic E-state index is 0.0960. The van der Waals surface area contributed by atoms with Crippen molar-refractivity contribution in [2.45, 2.75) is 25.9 Å². The van der Waals surface area contributed by atoms with Gasteiger partial charge >= 0.3 is 0 Å². The Morgan fingerprint density at radius 2 is 1.96 bits per heavy atom. The lowest BCUT2D eigenvalue weighted by Crippen LogP contribution is -2.45. The summed E-state index contributed by atoms with van der Waals surface area (Å²) < 4.78 is 1.70. The third-order valence-corrected chi connectivity index (χ3v) is 5.14. The highest BCUT2D eigenvalue weighted by atomic mass is 35.5. The van der Waals surface area contributed by atoms with Crippen LogP contribution in [0.15, 0.2) is 23.0 Å². The summed E-state index contributed by atoms with van der Waals surface area (Å²) in [7, 11) is 2.15. The van der Waals surface area contributed by atoms with Crippen LogP contribution >= 0.6 is 11.6 Å². The summed E-state index contributed by atoms with van der Waals surface area (Å²) in [6, 6.07) is 5.04. The highest BCUT2D eigenvalue weighted by Gasteiger charge is 2.17. The molecule has 1 aliphatic heterocycles. The standard InChI is InChI=1S/C18H26ClN5O/c1-13(20)17-21-15-6-3-5-14(19)16(15)18(25)24(17)8-4-7-23-11-9-22(2)10-12-23/h3,5-6,13H,4,7-12,20H2,1-2H3/t13-/m0/s1. The maximum absolute atomic E-state index is 13.0. The van der Waals surface area contributed by atoms with Gasteiger partial charge in [0.1, 0.15) is 5.82 Å². The summed E-state index contributed by atoms with van der Waals surface area (Å²) in [5, 5.41) is 0.923. The van der Waals surface area contributed by atoms with Crippen LogP contribution in [0.5, 0.6) is 0 Å². The zero-order chi connectivity index (χ0) is 18.0. The van der Waals surface area contributed by atoms with Gasteiger partial charge in [0, 0.05) is 32.7 Å². The monoisotopic (exact) mass is 363 g/mol. The molecule has 1 atom stereocenters. The Morgan fingerprint density at radius 3 is 2.64 bits per heavy atom. The van der Waals surface area contributed by atoms with Gasteiger partial charge in [-0.1, -0.05) is 17.7 Å². The lowest BCUT2D eigenvalue weighted by Gasteiger charge is -2.32. The highest BCUT2D eigenvalue weighted by Crippen LogP contribution is 2.20. The van der Waals surface area contributed by atoms with Gasteiger partial charge in [0.05, 0.1) is 22.0 Å². The van der Waals surface area contributed by atoms with Gasteiger partial charge in [-0.15, -0.1) is 0 Å². The summed E-state index contributed by atoms with van der Waals surface area (Å²) in [5.74, 6) is 0.623.